The van der Waals surface area contributed by atoms with Crippen molar-refractivity contribution < 1.29 is 13.2 Å². The van der Waals surface area contributed by atoms with Gasteiger partial charge in [0.1, 0.15) is 5.82 Å². The Balaban J connectivity index is 2.06. The van der Waals surface area contributed by atoms with Crippen molar-refractivity contribution in [3.8, 4) is 11.4 Å². The smallest absolute Gasteiger partial charge is 0.327 e. The van der Waals surface area contributed by atoms with E-state index in [2.05, 4.69) is 9.83 Å². The minimum Gasteiger partial charge on any atom is -0.327 e. The Hall–Kier alpha value is -2.29. The fourth-order valence-corrected chi connectivity index (χ4v) is 2.37. The summed E-state index contributed by atoms with van der Waals surface area (Å²) in [7, 11) is 0. The Bertz CT molecular complexity index is 688. The van der Waals surface area contributed by atoms with Crippen LogP contribution in [0.5, 0.6) is 0 Å². The van der Waals surface area contributed by atoms with Crippen LogP contribution in [-0.4, -0.2) is 9.55 Å². The van der Waals surface area contributed by atoms with E-state index in [0.29, 0.717) is 17.1 Å². The molecule has 3 nitrogen and oxygen atoms in total. The van der Waals surface area contributed by atoms with E-state index < -0.39 is 11.9 Å². The molecule has 1 aromatic carbocycles. The van der Waals surface area contributed by atoms with Gasteiger partial charge in [0.2, 0.25) is 0 Å². The fraction of sp³-hybridized carbons (Fsp3) is 0.333. The molecule has 3 rings (SSSR count). The lowest BCUT2D eigenvalue weighted by Crippen LogP contribution is -2.17. The van der Waals surface area contributed by atoms with E-state index >= 15 is 0 Å². The Labute approximate surface area is 119 Å². The van der Waals surface area contributed by atoms with Crippen molar-refractivity contribution in [3.05, 3.63) is 47.6 Å². The van der Waals surface area contributed by atoms with E-state index in [0.717, 1.165) is 25.5 Å². The molecular formula is C15H12F3N3. The zero-order chi connectivity index (χ0) is 15.0. The fourth-order valence-electron chi connectivity index (χ4n) is 2.37. The van der Waals surface area contributed by atoms with Crippen LogP contribution in [0.1, 0.15) is 31.0 Å². The Morgan fingerprint density at radius 2 is 1.86 bits per heavy atom. The quantitative estimate of drug-likeness (QED) is 0.725. The molecule has 0 bridgehead atoms. The summed E-state index contributed by atoms with van der Waals surface area (Å²) < 4.78 is 40.3. The lowest BCUT2D eigenvalue weighted by Gasteiger charge is -2.28. The van der Waals surface area contributed by atoms with Crippen LogP contribution < -0.4 is 0 Å². The van der Waals surface area contributed by atoms with Gasteiger partial charge in [-0.1, -0.05) is 24.3 Å². The number of benzene rings is 1. The maximum absolute atomic E-state index is 12.9. The van der Waals surface area contributed by atoms with Gasteiger partial charge in [0.15, 0.2) is 11.4 Å². The van der Waals surface area contributed by atoms with Gasteiger partial charge in [-0.2, -0.15) is 13.2 Å². The molecule has 1 fully saturated rings. The van der Waals surface area contributed by atoms with Gasteiger partial charge in [0.05, 0.1) is 6.57 Å². The highest BCUT2D eigenvalue weighted by molar-refractivity contribution is 5.61. The lowest BCUT2D eigenvalue weighted by atomic mass is 9.92. The lowest BCUT2D eigenvalue weighted by molar-refractivity contribution is -0.140. The minimum absolute atomic E-state index is 0.0872. The summed E-state index contributed by atoms with van der Waals surface area (Å²) in [5, 5.41) is 0. The summed E-state index contributed by atoms with van der Waals surface area (Å²) in [5.74, 6) is 0.323. The van der Waals surface area contributed by atoms with Gasteiger partial charge in [0, 0.05) is 17.8 Å². The summed E-state index contributed by atoms with van der Waals surface area (Å²) in [6.07, 6.45) is -0.565. The van der Waals surface area contributed by atoms with E-state index in [1.807, 2.05) is 0 Å². The monoisotopic (exact) mass is 291 g/mol. The van der Waals surface area contributed by atoms with Crippen LogP contribution in [0.15, 0.2) is 30.5 Å². The molecule has 1 aromatic heterocycles. The first-order valence-corrected chi connectivity index (χ1v) is 6.63. The van der Waals surface area contributed by atoms with Crippen LogP contribution in [0.4, 0.5) is 18.9 Å². The second-order valence-corrected chi connectivity index (χ2v) is 5.10. The van der Waals surface area contributed by atoms with Gasteiger partial charge in [-0.05, 0) is 19.3 Å². The van der Waals surface area contributed by atoms with E-state index in [-0.39, 0.29) is 6.04 Å². The van der Waals surface area contributed by atoms with Crippen LogP contribution in [0.25, 0.3) is 16.2 Å². The topological polar surface area (TPSA) is 22.2 Å². The first-order chi connectivity index (χ1) is 9.99. The Morgan fingerprint density at radius 3 is 2.33 bits per heavy atom. The molecule has 1 aliphatic rings. The molecule has 0 spiro atoms. The van der Waals surface area contributed by atoms with E-state index in [1.165, 1.54) is 0 Å². The van der Waals surface area contributed by atoms with Crippen molar-refractivity contribution >= 4 is 5.69 Å². The number of hydrogen-bond donors (Lipinski definition) is 0. The summed E-state index contributed by atoms with van der Waals surface area (Å²) in [6.45, 7) is 6.91. The van der Waals surface area contributed by atoms with Crippen molar-refractivity contribution in [3.63, 3.8) is 0 Å². The molecule has 0 atom stereocenters. The third-order valence-electron chi connectivity index (χ3n) is 3.75. The molecule has 0 radical (unpaired) electrons. The molecule has 108 valence electrons. The van der Waals surface area contributed by atoms with Crippen molar-refractivity contribution in [1.82, 2.24) is 9.55 Å². The number of hydrogen-bond acceptors (Lipinski definition) is 1. The average molecular weight is 291 g/mol. The van der Waals surface area contributed by atoms with E-state index in [9.17, 15) is 13.2 Å². The number of imidazole rings is 1. The molecule has 6 heteroatoms. The van der Waals surface area contributed by atoms with Gasteiger partial charge >= 0.3 is 6.18 Å². The molecule has 1 aliphatic carbocycles. The molecule has 0 unspecified atom stereocenters. The molecule has 0 amide bonds. The van der Waals surface area contributed by atoms with Gasteiger partial charge in [-0.25, -0.2) is 9.83 Å². The van der Waals surface area contributed by atoms with Crippen LogP contribution >= 0.6 is 0 Å². The predicted octanol–water partition coefficient (Wildman–Crippen LogP) is 4.84. The number of alkyl halides is 3. The molecule has 0 saturated heterocycles. The third-order valence-corrected chi connectivity index (χ3v) is 3.75. The number of halogens is 3. The van der Waals surface area contributed by atoms with E-state index in [4.69, 9.17) is 6.57 Å². The van der Waals surface area contributed by atoms with Crippen molar-refractivity contribution in [2.45, 2.75) is 31.5 Å². The van der Waals surface area contributed by atoms with Crippen molar-refractivity contribution in [2.75, 3.05) is 0 Å². The van der Waals surface area contributed by atoms with Crippen molar-refractivity contribution in [1.29, 1.82) is 0 Å². The zero-order valence-corrected chi connectivity index (χ0v) is 11.1. The molecule has 2 aromatic rings. The standard InChI is InChI=1S/C15H12F3N3/c1-19-11-7-5-10(6-8-11)14-20-13(15(16,17)18)9-21(14)12-3-2-4-12/h5-9,12H,2-4H2. The first-order valence-electron chi connectivity index (χ1n) is 6.63. The number of aromatic nitrogens is 2. The summed E-state index contributed by atoms with van der Waals surface area (Å²) in [4.78, 5) is 7.05. The average Bonchev–Trinajstić information content (AvgIpc) is 2.81. The normalized spacial score (nSPS) is 15.5. The molecule has 21 heavy (non-hydrogen) atoms. The second kappa shape index (κ2) is 4.92. The highest BCUT2D eigenvalue weighted by atomic mass is 19.4. The van der Waals surface area contributed by atoms with Gasteiger partial charge in [-0.15, -0.1) is 0 Å². The van der Waals surface area contributed by atoms with E-state index in [1.54, 1.807) is 28.8 Å². The minimum atomic E-state index is -4.44. The Morgan fingerprint density at radius 1 is 1.19 bits per heavy atom. The SMILES string of the molecule is [C-]#[N+]c1ccc(-c2nc(C(F)(F)F)cn2C2CCC2)cc1. The molecular weight excluding hydrogens is 279 g/mol. The van der Waals surface area contributed by atoms with Gasteiger partial charge in [-0.3, -0.25) is 0 Å². The van der Waals surface area contributed by atoms with Gasteiger partial charge in [0.25, 0.3) is 0 Å². The largest absolute Gasteiger partial charge is 0.434 e. The predicted molar refractivity (Wildman–Crippen MR) is 71.8 cm³/mol. The maximum Gasteiger partial charge on any atom is 0.434 e. The van der Waals surface area contributed by atoms with Gasteiger partial charge < -0.3 is 4.57 Å². The number of nitrogens with zero attached hydrogens (tertiary/aromatic N) is 3. The number of rotatable bonds is 2. The third kappa shape index (κ3) is 2.51. The molecule has 0 aliphatic heterocycles. The summed E-state index contributed by atoms with van der Waals surface area (Å²) >= 11 is 0. The maximum atomic E-state index is 12.9. The molecule has 1 saturated carbocycles. The van der Waals surface area contributed by atoms with Crippen molar-refractivity contribution in [2.24, 2.45) is 0 Å². The zero-order valence-electron chi connectivity index (χ0n) is 11.1. The van der Waals surface area contributed by atoms with Crippen LogP contribution in [-0.2, 0) is 6.18 Å². The van der Waals surface area contributed by atoms with Crippen LogP contribution in [0.3, 0.4) is 0 Å². The van der Waals surface area contributed by atoms with Crippen LogP contribution in [0.2, 0.25) is 0 Å². The second-order valence-electron chi connectivity index (χ2n) is 5.10. The highest BCUT2D eigenvalue weighted by Gasteiger charge is 2.36. The summed E-state index contributed by atoms with van der Waals surface area (Å²) in [6, 6.07) is 6.56. The highest BCUT2D eigenvalue weighted by Crippen LogP contribution is 2.38. The van der Waals surface area contributed by atoms with Crippen LogP contribution in [0, 0.1) is 6.57 Å². The molecule has 1 heterocycles. The first kappa shape index (κ1) is 13.7. The Kier molecular flexibility index (Phi) is 3.20. The summed E-state index contributed by atoms with van der Waals surface area (Å²) in [5.41, 5.74) is 0.194. The molecule has 0 N–H and O–H groups in total.